The lowest BCUT2D eigenvalue weighted by molar-refractivity contribution is -0.115. The number of aromatic nitrogens is 2. The van der Waals surface area contributed by atoms with Gasteiger partial charge in [-0.3, -0.25) is 4.79 Å². The largest absolute Gasteiger partial charge is 0.493 e. The Hall–Kier alpha value is -3.31. The summed E-state index contributed by atoms with van der Waals surface area (Å²) in [4.78, 5) is 21.7. The molecule has 1 heterocycles. The monoisotopic (exact) mass is 502 g/mol. The number of thioether (sulfide) groups is 1. The van der Waals surface area contributed by atoms with Crippen LogP contribution < -0.4 is 19.5 Å². The van der Waals surface area contributed by atoms with E-state index in [-0.39, 0.29) is 16.8 Å². The summed E-state index contributed by atoms with van der Waals surface area (Å²) in [6.07, 6.45) is 0. The number of carbonyl (C=O) groups is 1. The maximum Gasteiger partial charge on any atom is 0.264 e. The zero-order valence-electron chi connectivity index (χ0n) is 19.4. The highest BCUT2D eigenvalue weighted by atomic mass is 32.2. The van der Waals surface area contributed by atoms with E-state index in [1.807, 2.05) is 6.07 Å². The Morgan fingerprint density at radius 2 is 1.56 bits per heavy atom. The number of aryl methyl sites for hydroxylation is 2. The Kier molecular flexibility index (Phi) is 8.00. The lowest BCUT2D eigenvalue weighted by atomic mass is 10.3. The Labute approximate surface area is 203 Å². The highest BCUT2D eigenvalue weighted by Crippen LogP contribution is 2.33. The Balaban J connectivity index is 1.64. The number of ether oxygens (including phenoxy) is 2. The van der Waals surface area contributed by atoms with E-state index in [1.54, 1.807) is 53.2 Å². The average molecular weight is 503 g/mol. The molecule has 1 aromatic heterocycles. The molecule has 0 saturated heterocycles. The maximum absolute atomic E-state index is 12.7. The van der Waals surface area contributed by atoms with Crippen LogP contribution in [0.2, 0.25) is 0 Å². The van der Waals surface area contributed by atoms with Crippen LogP contribution in [0.3, 0.4) is 0 Å². The third kappa shape index (κ3) is 6.39. The van der Waals surface area contributed by atoms with Crippen LogP contribution in [0.4, 0.5) is 11.6 Å². The molecule has 0 spiro atoms. The van der Waals surface area contributed by atoms with E-state index in [0.29, 0.717) is 28.6 Å². The minimum Gasteiger partial charge on any atom is -0.493 e. The number of rotatable bonds is 9. The van der Waals surface area contributed by atoms with Gasteiger partial charge in [0.25, 0.3) is 10.0 Å². The zero-order valence-corrected chi connectivity index (χ0v) is 21.1. The Morgan fingerprint density at radius 1 is 0.941 bits per heavy atom. The molecule has 1 unspecified atom stereocenters. The summed E-state index contributed by atoms with van der Waals surface area (Å²) in [6, 6.07) is 13.1. The molecule has 34 heavy (non-hydrogen) atoms. The molecule has 3 rings (SSSR count). The molecule has 2 N–H and O–H groups in total. The Morgan fingerprint density at radius 3 is 2.15 bits per heavy atom. The first-order chi connectivity index (χ1) is 16.1. The molecule has 2 aromatic carbocycles. The molecule has 180 valence electrons. The number of hydrogen-bond donors (Lipinski definition) is 2. The third-order valence-corrected chi connectivity index (χ3v) is 7.11. The van der Waals surface area contributed by atoms with Crippen LogP contribution in [0.1, 0.15) is 18.3 Å². The molecule has 11 heteroatoms. The van der Waals surface area contributed by atoms with Gasteiger partial charge in [-0.1, -0.05) is 0 Å². The van der Waals surface area contributed by atoms with Gasteiger partial charge in [0.2, 0.25) is 11.9 Å². The standard InChI is InChI=1S/C23H26N4O5S2/c1-14-12-15(2)25-23(24-14)27-34(29,30)19-9-6-17(7-10-19)26-22(28)16(3)33-18-8-11-20(31-4)21(13-18)32-5/h6-13,16H,1-5H3,(H,26,28)(H,24,25,27). The second-order valence-electron chi connectivity index (χ2n) is 7.37. The van der Waals surface area contributed by atoms with Crippen molar-refractivity contribution < 1.29 is 22.7 Å². The molecule has 3 aromatic rings. The quantitative estimate of drug-likeness (QED) is 0.421. The van der Waals surface area contributed by atoms with Crippen LogP contribution >= 0.6 is 11.8 Å². The highest BCUT2D eigenvalue weighted by Gasteiger charge is 2.18. The van der Waals surface area contributed by atoms with Crippen LogP contribution in [0.5, 0.6) is 11.5 Å². The lowest BCUT2D eigenvalue weighted by Crippen LogP contribution is -2.22. The van der Waals surface area contributed by atoms with Crippen molar-refractivity contribution in [2.75, 3.05) is 24.3 Å². The van der Waals surface area contributed by atoms with Crippen LogP contribution in [0.15, 0.2) is 58.3 Å². The molecule has 1 atom stereocenters. The van der Waals surface area contributed by atoms with Crippen LogP contribution in [0, 0.1) is 13.8 Å². The fourth-order valence-electron chi connectivity index (χ4n) is 3.06. The predicted octanol–water partition coefficient (Wildman–Crippen LogP) is 4.03. The van der Waals surface area contributed by atoms with Gasteiger partial charge in [0.15, 0.2) is 11.5 Å². The number of anilines is 2. The predicted molar refractivity (Wildman–Crippen MR) is 132 cm³/mol. The molecule has 0 fully saturated rings. The molecular weight excluding hydrogens is 476 g/mol. The molecule has 0 radical (unpaired) electrons. The number of nitrogens with zero attached hydrogens (tertiary/aromatic N) is 2. The second-order valence-corrected chi connectivity index (χ2v) is 10.5. The molecule has 0 aliphatic carbocycles. The first kappa shape index (κ1) is 25.3. The normalized spacial score (nSPS) is 12.0. The second kappa shape index (κ2) is 10.7. The Bertz CT molecular complexity index is 1260. The van der Waals surface area contributed by atoms with E-state index in [1.165, 1.54) is 36.0 Å². The van der Waals surface area contributed by atoms with E-state index >= 15 is 0 Å². The molecule has 1 amide bonds. The number of sulfonamides is 1. The van der Waals surface area contributed by atoms with Gasteiger partial charge in [-0.25, -0.2) is 23.1 Å². The van der Waals surface area contributed by atoms with Crippen molar-refractivity contribution in [3.63, 3.8) is 0 Å². The molecule has 0 aliphatic heterocycles. The summed E-state index contributed by atoms with van der Waals surface area (Å²) in [5.74, 6) is 0.974. The van der Waals surface area contributed by atoms with E-state index in [9.17, 15) is 13.2 Å². The minimum absolute atomic E-state index is 0.0101. The van der Waals surface area contributed by atoms with Crippen molar-refractivity contribution in [2.24, 2.45) is 0 Å². The third-order valence-electron chi connectivity index (χ3n) is 4.68. The van der Waals surface area contributed by atoms with Gasteiger partial charge >= 0.3 is 0 Å². The van der Waals surface area contributed by atoms with E-state index in [4.69, 9.17) is 9.47 Å². The molecule has 0 bridgehead atoms. The fourth-order valence-corrected chi connectivity index (χ4v) is 4.90. The molecule has 0 saturated carbocycles. The van der Waals surface area contributed by atoms with Crippen LogP contribution in [-0.2, 0) is 14.8 Å². The summed E-state index contributed by atoms with van der Waals surface area (Å²) in [5, 5.41) is 2.39. The SMILES string of the molecule is COc1ccc(SC(C)C(=O)Nc2ccc(S(=O)(=O)Nc3nc(C)cc(C)n3)cc2)cc1OC. The zero-order chi connectivity index (χ0) is 24.9. The summed E-state index contributed by atoms with van der Waals surface area (Å²) in [5.41, 5.74) is 1.79. The van der Waals surface area contributed by atoms with Crippen molar-refractivity contribution in [3.05, 3.63) is 59.9 Å². The van der Waals surface area contributed by atoms with Gasteiger partial charge in [-0.05, 0) is 69.3 Å². The van der Waals surface area contributed by atoms with Gasteiger partial charge in [-0.15, -0.1) is 11.8 Å². The van der Waals surface area contributed by atoms with E-state index in [0.717, 1.165) is 4.90 Å². The summed E-state index contributed by atoms with van der Waals surface area (Å²) in [6.45, 7) is 5.30. The van der Waals surface area contributed by atoms with Gasteiger partial charge in [0.05, 0.1) is 24.4 Å². The minimum atomic E-state index is -3.88. The molecule has 0 aliphatic rings. The van der Waals surface area contributed by atoms with Crippen molar-refractivity contribution in [2.45, 2.75) is 35.8 Å². The van der Waals surface area contributed by atoms with Gasteiger partial charge in [0.1, 0.15) is 0 Å². The highest BCUT2D eigenvalue weighted by molar-refractivity contribution is 8.00. The van der Waals surface area contributed by atoms with Crippen LogP contribution in [-0.4, -0.2) is 43.8 Å². The van der Waals surface area contributed by atoms with Crippen molar-refractivity contribution in [3.8, 4) is 11.5 Å². The van der Waals surface area contributed by atoms with E-state index < -0.39 is 15.3 Å². The number of carbonyl (C=O) groups excluding carboxylic acids is 1. The molecular formula is C23H26N4O5S2. The topological polar surface area (TPSA) is 120 Å². The van der Waals surface area contributed by atoms with Crippen molar-refractivity contribution in [1.82, 2.24) is 9.97 Å². The smallest absolute Gasteiger partial charge is 0.264 e. The average Bonchev–Trinajstić information content (AvgIpc) is 2.78. The number of hydrogen-bond acceptors (Lipinski definition) is 8. The summed E-state index contributed by atoms with van der Waals surface area (Å²) >= 11 is 1.36. The lowest BCUT2D eigenvalue weighted by Gasteiger charge is -2.14. The molecule has 9 nitrogen and oxygen atoms in total. The van der Waals surface area contributed by atoms with Gasteiger partial charge in [0, 0.05) is 22.0 Å². The van der Waals surface area contributed by atoms with Gasteiger partial charge < -0.3 is 14.8 Å². The number of amides is 1. The first-order valence-corrected chi connectivity index (χ1v) is 12.6. The summed E-state index contributed by atoms with van der Waals surface area (Å²) in [7, 11) is -0.763. The number of nitrogens with one attached hydrogen (secondary N) is 2. The van der Waals surface area contributed by atoms with E-state index in [2.05, 4.69) is 20.0 Å². The number of methoxy groups -OCH3 is 2. The first-order valence-electron chi connectivity index (χ1n) is 10.3. The van der Waals surface area contributed by atoms with Crippen molar-refractivity contribution in [1.29, 1.82) is 0 Å². The fraction of sp³-hybridized carbons (Fsp3) is 0.261. The van der Waals surface area contributed by atoms with Crippen LogP contribution in [0.25, 0.3) is 0 Å². The van der Waals surface area contributed by atoms with Crippen molar-refractivity contribution >= 4 is 39.3 Å². The number of benzene rings is 2. The summed E-state index contributed by atoms with van der Waals surface area (Å²) < 4.78 is 38.2. The van der Waals surface area contributed by atoms with Gasteiger partial charge in [-0.2, -0.15) is 0 Å². The maximum atomic E-state index is 12.7.